The van der Waals surface area contributed by atoms with E-state index in [1.165, 1.54) is 0 Å². The number of rotatable bonds is 5. The molecule has 3 rings (SSSR count). The van der Waals surface area contributed by atoms with E-state index in [1.807, 2.05) is 29.2 Å². The molecule has 0 bridgehead atoms. The van der Waals surface area contributed by atoms with Gasteiger partial charge in [-0.1, -0.05) is 29.8 Å². The van der Waals surface area contributed by atoms with Crippen molar-refractivity contribution in [1.29, 1.82) is 0 Å². The standard InChI is InChI=1S/C19H20ClN3O3.ClH/c20-15-5-1-3-13(9-15)17-11-22-7-8-23(17)19(25)14-4-2-6-16(10-14)26-12-18(21)24;/h1-6,9-10,17,22H,7-8,11-12H2,(H2,21,24);1H. The molecule has 0 spiro atoms. The molecule has 0 aromatic heterocycles. The van der Waals surface area contributed by atoms with E-state index in [1.54, 1.807) is 24.3 Å². The molecule has 1 atom stereocenters. The van der Waals surface area contributed by atoms with Gasteiger partial charge in [0.05, 0.1) is 6.04 Å². The van der Waals surface area contributed by atoms with Crippen LogP contribution in [0.1, 0.15) is 22.0 Å². The van der Waals surface area contributed by atoms with Crippen molar-refractivity contribution in [2.45, 2.75) is 6.04 Å². The largest absolute Gasteiger partial charge is 0.484 e. The number of hydrogen-bond acceptors (Lipinski definition) is 4. The molecule has 1 unspecified atom stereocenters. The molecule has 1 fully saturated rings. The Hall–Kier alpha value is -2.28. The van der Waals surface area contributed by atoms with E-state index in [0.29, 0.717) is 29.4 Å². The molecular formula is C19H21Cl2N3O3. The number of primary amides is 1. The predicted molar refractivity (Wildman–Crippen MR) is 106 cm³/mol. The zero-order chi connectivity index (χ0) is 18.5. The molecule has 2 amide bonds. The van der Waals surface area contributed by atoms with Gasteiger partial charge in [0.25, 0.3) is 11.8 Å². The summed E-state index contributed by atoms with van der Waals surface area (Å²) in [5, 5.41) is 3.96. The summed E-state index contributed by atoms with van der Waals surface area (Å²) in [4.78, 5) is 25.8. The summed E-state index contributed by atoms with van der Waals surface area (Å²) >= 11 is 6.11. The highest BCUT2D eigenvalue weighted by Gasteiger charge is 2.28. The van der Waals surface area contributed by atoms with E-state index in [0.717, 1.165) is 12.1 Å². The second kappa shape index (κ2) is 9.60. The van der Waals surface area contributed by atoms with E-state index in [2.05, 4.69) is 5.32 Å². The number of carbonyl (C=O) groups excluding carboxylic acids is 2. The van der Waals surface area contributed by atoms with Gasteiger partial charge in [-0.2, -0.15) is 0 Å². The van der Waals surface area contributed by atoms with Crippen LogP contribution in [0.4, 0.5) is 0 Å². The summed E-state index contributed by atoms with van der Waals surface area (Å²) in [6.45, 7) is 1.74. The van der Waals surface area contributed by atoms with Crippen molar-refractivity contribution in [2.24, 2.45) is 5.73 Å². The number of benzene rings is 2. The maximum absolute atomic E-state index is 13.1. The second-order valence-electron chi connectivity index (χ2n) is 6.06. The first kappa shape index (κ1) is 21.0. The van der Waals surface area contributed by atoms with Crippen LogP contribution < -0.4 is 15.8 Å². The Morgan fingerprint density at radius 3 is 2.74 bits per heavy atom. The lowest BCUT2D eigenvalue weighted by atomic mass is 10.0. The lowest BCUT2D eigenvalue weighted by molar-refractivity contribution is -0.119. The molecule has 2 aromatic carbocycles. The minimum Gasteiger partial charge on any atom is -0.484 e. The van der Waals surface area contributed by atoms with Crippen molar-refractivity contribution in [3.05, 3.63) is 64.7 Å². The Kier molecular flexibility index (Phi) is 7.47. The van der Waals surface area contributed by atoms with Crippen LogP contribution in [0, 0.1) is 0 Å². The highest BCUT2D eigenvalue weighted by Crippen LogP contribution is 2.27. The van der Waals surface area contributed by atoms with Gasteiger partial charge in [0, 0.05) is 30.2 Å². The fourth-order valence-corrected chi connectivity index (χ4v) is 3.20. The van der Waals surface area contributed by atoms with Crippen LogP contribution in [0.25, 0.3) is 0 Å². The van der Waals surface area contributed by atoms with Gasteiger partial charge in [0.1, 0.15) is 5.75 Å². The molecule has 8 heteroatoms. The van der Waals surface area contributed by atoms with Crippen LogP contribution in [0.5, 0.6) is 5.75 Å². The zero-order valence-electron chi connectivity index (χ0n) is 14.6. The number of hydrogen-bond donors (Lipinski definition) is 2. The maximum atomic E-state index is 13.1. The third-order valence-electron chi connectivity index (χ3n) is 4.20. The van der Waals surface area contributed by atoms with Crippen LogP contribution in [-0.4, -0.2) is 43.0 Å². The third kappa shape index (κ3) is 5.35. The van der Waals surface area contributed by atoms with Crippen molar-refractivity contribution >= 4 is 35.8 Å². The minimum atomic E-state index is -0.565. The molecule has 6 nitrogen and oxygen atoms in total. The van der Waals surface area contributed by atoms with E-state index in [9.17, 15) is 9.59 Å². The average molecular weight is 410 g/mol. The molecular weight excluding hydrogens is 389 g/mol. The lowest BCUT2D eigenvalue weighted by Gasteiger charge is -2.36. The number of piperazine rings is 1. The number of nitrogens with two attached hydrogens (primary N) is 1. The molecule has 0 radical (unpaired) electrons. The third-order valence-corrected chi connectivity index (χ3v) is 4.43. The van der Waals surface area contributed by atoms with Crippen LogP contribution in [0.15, 0.2) is 48.5 Å². The highest BCUT2D eigenvalue weighted by atomic mass is 35.5. The molecule has 1 aliphatic heterocycles. The van der Waals surface area contributed by atoms with Crippen LogP contribution in [-0.2, 0) is 4.79 Å². The number of ether oxygens (including phenoxy) is 1. The summed E-state index contributed by atoms with van der Waals surface area (Å²) in [5.74, 6) is -0.227. The van der Waals surface area contributed by atoms with E-state index in [4.69, 9.17) is 22.1 Å². The summed E-state index contributed by atoms with van der Waals surface area (Å²) in [5.41, 5.74) is 6.58. The fourth-order valence-electron chi connectivity index (χ4n) is 3.00. The first-order valence-electron chi connectivity index (χ1n) is 8.33. The quantitative estimate of drug-likeness (QED) is 0.793. The maximum Gasteiger partial charge on any atom is 0.255 e. The highest BCUT2D eigenvalue weighted by molar-refractivity contribution is 6.30. The van der Waals surface area contributed by atoms with Gasteiger partial charge in [0.2, 0.25) is 0 Å². The van der Waals surface area contributed by atoms with Gasteiger partial charge in [-0.25, -0.2) is 0 Å². The van der Waals surface area contributed by atoms with Crippen molar-refractivity contribution in [2.75, 3.05) is 26.2 Å². The van der Waals surface area contributed by atoms with Gasteiger partial charge >= 0.3 is 0 Å². The smallest absolute Gasteiger partial charge is 0.255 e. The molecule has 1 aliphatic rings. The van der Waals surface area contributed by atoms with E-state index >= 15 is 0 Å². The Bertz CT molecular complexity index is 816. The molecule has 27 heavy (non-hydrogen) atoms. The van der Waals surface area contributed by atoms with Gasteiger partial charge in [-0.05, 0) is 35.9 Å². The molecule has 3 N–H and O–H groups in total. The Morgan fingerprint density at radius 2 is 2.00 bits per heavy atom. The predicted octanol–water partition coefficient (Wildman–Crippen LogP) is 2.41. The average Bonchev–Trinajstić information content (AvgIpc) is 2.66. The zero-order valence-corrected chi connectivity index (χ0v) is 16.1. The Balaban J connectivity index is 0.00000261. The monoisotopic (exact) mass is 409 g/mol. The molecule has 1 heterocycles. The first-order valence-corrected chi connectivity index (χ1v) is 8.71. The van der Waals surface area contributed by atoms with Crippen LogP contribution in [0.2, 0.25) is 5.02 Å². The summed E-state index contributed by atoms with van der Waals surface area (Å²) in [6, 6.07) is 14.2. The van der Waals surface area contributed by atoms with Gasteiger partial charge in [0.15, 0.2) is 6.61 Å². The van der Waals surface area contributed by atoms with Crippen LogP contribution in [0.3, 0.4) is 0 Å². The summed E-state index contributed by atoms with van der Waals surface area (Å²) < 4.78 is 5.30. The number of halogens is 2. The lowest BCUT2D eigenvalue weighted by Crippen LogP contribution is -2.48. The minimum absolute atomic E-state index is 0. The Labute approximate surface area is 169 Å². The SMILES string of the molecule is Cl.NC(=O)COc1cccc(C(=O)N2CCNCC2c2cccc(Cl)c2)c1. The molecule has 1 saturated heterocycles. The van der Waals surface area contributed by atoms with Crippen LogP contribution >= 0.6 is 24.0 Å². The number of nitrogens with zero attached hydrogens (tertiary/aromatic N) is 1. The first-order chi connectivity index (χ1) is 12.5. The topological polar surface area (TPSA) is 84.7 Å². The normalized spacial score (nSPS) is 16.3. The second-order valence-corrected chi connectivity index (χ2v) is 6.49. The molecule has 0 aliphatic carbocycles. The van der Waals surface area contributed by atoms with Crippen molar-refractivity contribution < 1.29 is 14.3 Å². The molecule has 0 saturated carbocycles. The van der Waals surface area contributed by atoms with Crippen molar-refractivity contribution in [3.63, 3.8) is 0 Å². The van der Waals surface area contributed by atoms with Crippen molar-refractivity contribution in [1.82, 2.24) is 10.2 Å². The fraction of sp³-hybridized carbons (Fsp3) is 0.263. The number of nitrogens with one attached hydrogen (secondary N) is 1. The van der Waals surface area contributed by atoms with E-state index in [-0.39, 0.29) is 31.0 Å². The van der Waals surface area contributed by atoms with Crippen molar-refractivity contribution in [3.8, 4) is 5.75 Å². The van der Waals surface area contributed by atoms with E-state index < -0.39 is 5.91 Å². The molecule has 144 valence electrons. The summed E-state index contributed by atoms with van der Waals surface area (Å²) in [6.07, 6.45) is 0. The van der Waals surface area contributed by atoms with Gasteiger partial charge < -0.3 is 20.7 Å². The molecule has 2 aromatic rings. The van der Waals surface area contributed by atoms with Gasteiger partial charge in [-0.3, -0.25) is 9.59 Å². The number of amides is 2. The number of carbonyl (C=O) groups is 2. The Morgan fingerprint density at radius 1 is 1.22 bits per heavy atom. The summed E-state index contributed by atoms with van der Waals surface area (Å²) in [7, 11) is 0. The van der Waals surface area contributed by atoms with Gasteiger partial charge in [-0.15, -0.1) is 12.4 Å².